The number of halogens is 3. The molecule has 2 aromatic carbocycles. The number of nitrogen functional groups attached to an aromatic ring is 1. The summed E-state index contributed by atoms with van der Waals surface area (Å²) in [5.74, 6) is -0.264. The van der Waals surface area contributed by atoms with Crippen LogP contribution >= 0.6 is 31.9 Å². The van der Waals surface area contributed by atoms with Gasteiger partial charge in [0.2, 0.25) is 0 Å². The molecule has 2 rings (SSSR count). The molecule has 2 aromatic rings. The Labute approximate surface area is 97.4 Å². The molecule has 1 nitrogen and oxygen atoms in total. The molecule has 72 valence electrons. The summed E-state index contributed by atoms with van der Waals surface area (Å²) in [7, 11) is 0. The van der Waals surface area contributed by atoms with E-state index in [0.717, 1.165) is 19.7 Å². The van der Waals surface area contributed by atoms with E-state index < -0.39 is 0 Å². The molecule has 0 amide bonds. The minimum absolute atomic E-state index is 0.264. The maximum Gasteiger partial charge on any atom is 0.123 e. The molecule has 0 atom stereocenters. The van der Waals surface area contributed by atoms with Crippen molar-refractivity contribution < 1.29 is 4.39 Å². The minimum Gasteiger partial charge on any atom is -0.397 e. The van der Waals surface area contributed by atoms with E-state index in [9.17, 15) is 4.39 Å². The third kappa shape index (κ3) is 1.53. The Balaban J connectivity index is 2.94. The van der Waals surface area contributed by atoms with Gasteiger partial charge in [-0.15, -0.1) is 0 Å². The summed E-state index contributed by atoms with van der Waals surface area (Å²) >= 11 is 6.70. The fourth-order valence-corrected chi connectivity index (χ4v) is 2.65. The maximum absolute atomic E-state index is 13.0. The molecule has 2 N–H and O–H groups in total. The summed E-state index contributed by atoms with van der Waals surface area (Å²) < 4.78 is 14.6. The van der Waals surface area contributed by atoms with E-state index in [1.165, 1.54) is 12.1 Å². The summed E-state index contributed by atoms with van der Waals surface area (Å²) in [5, 5.41) is 1.62. The number of benzene rings is 2. The molecule has 0 saturated carbocycles. The predicted octanol–water partition coefficient (Wildman–Crippen LogP) is 4.09. The predicted molar refractivity (Wildman–Crippen MR) is 63.7 cm³/mol. The quantitative estimate of drug-likeness (QED) is 0.728. The fraction of sp³-hybridized carbons (Fsp3) is 0. The first-order valence-electron chi connectivity index (χ1n) is 3.92. The Bertz CT molecular complexity index is 511. The molecule has 0 radical (unpaired) electrons. The van der Waals surface area contributed by atoms with E-state index in [4.69, 9.17) is 5.73 Å². The first kappa shape index (κ1) is 9.93. The van der Waals surface area contributed by atoms with Gasteiger partial charge in [0.25, 0.3) is 0 Å². The second kappa shape index (κ2) is 3.51. The third-order valence-electron chi connectivity index (χ3n) is 2.04. The van der Waals surface area contributed by atoms with Crippen molar-refractivity contribution in [2.75, 3.05) is 5.73 Å². The van der Waals surface area contributed by atoms with Crippen molar-refractivity contribution in [1.82, 2.24) is 0 Å². The highest BCUT2D eigenvalue weighted by molar-refractivity contribution is 9.11. The van der Waals surface area contributed by atoms with Crippen LogP contribution < -0.4 is 5.73 Å². The average molecular weight is 319 g/mol. The van der Waals surface area contributed by atoms with Gasteiger partial charge in [-0.2, -0.15) is 0 Å². The van der Waals surface area contributed by atoms with Gasteiger partial charge in [0.1, 0.15) is 5.82 Å². The highest BCUT2D eigenvalue weighted by Gasteiger charge is 2.07. The van der Waals surface area contributed by atoms with Crippen LogP contribution in [0.5, 0.6) is 0 Å². The second-order valence-electron chi connectivity index (χ2n) is 2.94. The SMILES string of the molecule is Nc1c(Br)cc(Br)c2cc(F)ccc12. The molecule has 0 aliphatic carbocycles. The van der Waals surface area contributed by atoms with Gasteiger partial charge < -0.3 is 5.73 Å². The third-order valence-corrected chi connectivity index (χ3v) is 3.35. The van der Waals surface area contributed by atoms with Gasteiger partial charge in [-0.3, -0.25) is 0 Å². The maximum atomic E-state index is 13.0. The van der Waals surface area contributed by atoms with Gasteiger partial charge in [0.15, 0.2) is 0 Å². The molecule has 0 heterocycles. The van der Waals surface area contributed by atoms with Gasteiger partial charge >= 0.3 is 0 Å². The Morgan fingerprint density at radius 3 is 2.43 bits per heavy atom. The van der Waals surface area contributed by atoms with Crippen LogP contribution in [0.3, 0.4) is 0 Å². The van der Waals surface area contributed by atoms with E-state index in [1.54, 1.807) is 6.07 Å². The van der Waals surface area contributed by atoms with Crippen molar-refractivity contribution in [3.8, 4) is 0 Å². The van der Waals surface area contributed by atoms with Gasteiger partial charge in [-0.05, 0) is 40.2 Å². The first-order chi connectivity index (χ1) is 6.59. The largest absolute Gasteiger partial charge is 0.397 e. The standard InChI is InChI=1S/C10H6Br2FN/c11-8-4-9(12)10(14)6-2-1-5(13)3-7(6)8/h1-4H,14H2. The van der Waals surface area contributed by atoms with Crippen molar-refractivity contribution in [3.05, 3.63) is 39.0 Å². The van der Waals surface area contributed by atoms with Gasteiger partial charge in [-0.1, -0.05) is 15.9 Å². The van der Waals surface area contributed by atoms with E-state index in [2.05, 4.69) is 31.9 Å². The highest BCUT2D eigenvalue weighted by atomic mass is 79.9. The zero-order valence-electron chi connectivity index (χ0n) is 7.02. The van der Waals surface area contributed by atoms with E-state index in [0.29, 0.717) is 5.69 Å². The number of hydrogen-bond donors (Lipinski definition) is 1. The second-order valence-corrected chi connectivity index (χ2v) is 4.65. The molecule has 0 aliphatic heterocycles. The summed E-state index contributed by atoms with van der Waals surface area (Å²) in [6, 6.07) is 6.35. The van der Waals surface area contributed by atoms with Crippen LogP contribution in [-0.4, -0.2) is 0 Å². The van der Waals surface area contributed by atoms with Crippen LogP contribution in [-0.2, 0) is 0 Å². The smallest absolute Gasteiger partial charge is 0.123 e. The van der Waals surface area contributed by atoms with Gasteiger partial charge in [0, 0.05) is 19.7 Å². The molecular weight excluding hydrogens is 313 g/mol. The first-order valence-corrected chi connectivity index (χ1v) is 5.51. The lowest BCUT2D eigenvalue weighted by Gasteiger charge is -2.06. The number of fused-ring (bicyclic) bond motifs is 1. The average Bonchev–Trinajstić information content (AvgIpc) is 2.14. The molecule has 14 heavy (non-hydrogen) atoms. The highest BCUT2D eigenvalue weighted by Crippen LogP contribution is 2.34. The Morgan fingerprint density at radius 1 is 1.00 bits per heavy atom. The zero-order valence-corrected chi connectivity index (χ0v) is 10.2. The minimum atomic E-state index is -0.264. The van der Waals surface area contributed by atoms with Gasteiger partial charge in [0.05, 0.1) is 5.69 Å². The van der Waals surface area contributed by atoms with Crippen LogP contribution in [0.15, 0.2) is 33.2 Å². The fourth-order valence-electron chi connectivity index (χ4n) is 1.34. The molecular formula is C10H6Br2FN. The lowest BCUT2D eigenvalue weighted by Crippen LogP contribution is -1.90. The molecule has 0 spiro atoms. The molecule has 0 aromatic heterocycles. The Kier molecular flexibility index (Phi) is 2.49. The number of rotatable bonds is 0. The number of nitrogens with two attached hydrogens (primary N) is 1. The summed E-state index contributed by atoms with van der Waals surface area (Å²) in [6.07, 6.45) is 0. The molecule has 0 saturated heterocycles. The van der Waals surface area contributed by atoms with Gasteiger partial charge in [-0.25, -0.2) is 4.39 Å². The van der Waals surface area contributed by atoms with Crippen LogP contribution in [0, 0.1) is 5.82 Å². The van der Waals surface area contributed by atoms with Crippen LogP contribution in [0.25, 0.3) is 10.8 Å². The summed E-state index contributed by atoms with van der Waals surface area (Å²) in [5.41, 5.74) is 6.48. The molecule has 4 heteroatoms. The normalized spacial score (nSPS) is 10.8. The molecule has 0 aliphatic rings. The Morgan fingerprint density at radius 2 is 1.71 bits per heavy atom. The van der Waals surface area contributed by atoms with E-state index in [1.807, 2.05) is 6.07 Å². The summed E-state index contributed by atoms with van der Waals surface area (Å²) in [4.78, 5) is 0. The topological polar surface area (TPSA) is 26.0 Å². The Hall–Kier alpha value is -0.610. The monoisotopic (exact) mass is 317 g/mol. The lowest BCUT2D eigenvalue weighted by atomic mass is 10.1. The van der Waals surface area contributed by atoms with Crippen LogP contribution in [0.2, 0.25) is 0 Å². The van der Waals surface area contributed by atoms with Crippen molar-refractivity contribution >= 4 is 48.3 Å². The number of hydrogen-bond acceptors (Lipinski definition) is 1. The van der Waals surface area contributed by atoms with Crippen molar-refractivity contribution in [1.29, 1.82) is 0 Å². The zero-order chi connectivity index (χ0) is 10.3. The molecule has 0 fully saturated rings. The van der Waals surface area contributed by atoms with E-state index in [-0.39, 0.29) is 5.82 Å². The van der Waals surface area contributed by atoms with E-state index >= 15 is 0 Å². The molecule has 0 bridgehead atoms. The van der Waals surface area contributed by atoms with Crippen molar-refractivity contribution in [2.24, 2.45) is 0 Å². The van der Waals surface area contributed by atoms with Crippen LogP contribution in [0.1, 0.15) is 0 Å². The van der Waals surface area contributed by atoms with Crippen molar-refractivity contribution in [2.45, 2.75) is 0 Å². The summed E-state index contributed by atoms with van der Waals surface area (Å²) in [6.45, 7) is 0. The molecule has 0 unspecified atom stereocenters. The van der Waals surface area contributed by atoms with Crippen molar-refractivity contribution in [3.63, 3.8) is 0 Å². The number of anilines is 1. The van der Waals surface area contributed by atoms with Crippen LogP contribution in [0.4, 0.5) is 10.1 Å². The lowest BCUT2D eigenvalue weighted by molar-refractivity contribution is 0.629.